The summed E-state index contributed by atoms with van der Waals surface area (Å²) in [6.45, 7) is 6.79. The normalized spacial score (nSPS) is 11.3. The molecule has 0 aliphatic heterocycles. The fourth-order valence-corrected chi connectivity index (χ4v) is 1.97. The lowest BCUT2D eigenvalue weighted by Gasteiger charge is -2.25. The van der Waals surface area contributed by atoms with Crippen LogP contribution >= 0.6 is 0 Å². The van der Waals surface area contributed by atoms with Crippen molar-refractivity contribution in [3.63, 3.8) is 0 Å². The third-order valence-corrected chi connectivity index (χ3v) is 2.59. The number of rotatable bonds is 5. The molecule has 0 bridgehead atoms. The Bertz CT molecular complexity index is 476. The van der Waals surface area contributed by atoms with Crippen LogP contribution in [-0.4, -0.2) is 34.2 Å². The number of hydrogen-bond donors (Lipinski definition) is 1. The van der Waals surface area contributed by atoms with Crippen LogP contribution in [0, 0.1) is 5.92 Å². The van der Waals surface area contributed by atoms with Crippen molar-refractivity contribution in [3.05, 3.63) is 24.7 Å². The van der Waals surface area contributed by atoms with Gasteiger partial charge < -0.3 is 10.6 Å². The summed E-state index contributed by atoms with van der Waals surface area (Å²) >= 11 is 0. The molecule has 0 amide bonds. The molecule has 2 N–H and O–H groups in total. The van der Waals surface area contributed by atoms with Crippen molar-refractivity contribution in [3.8, 4) is 0 Å². The fraction of sp³-hybridized carbons (Fsp3) is 0.500. The van der Waals surface area contributed by atoms with Crippen LogP contribution in [0.1, 0.15) is 13.8 Å². The summed E-state index contributed by atoms with van der Waals surface area (Å²) in [5.74, 6) is 1.54. The van der Waals surface area contributed by atoms with Crippen molar-refractivity contribution >= 4 is 11.3 Å². The van der Waals surface area contributed by atoms with Gasteiger partial charge in [0.15, 0.2) is 5.82 Å². The third-order valence-electron chi connectivity index (χ3n) is 2.59. The van der Waals surface area contributed by atoms with Crippen molar-refractivity contribution in [2.75, 3.05) is 24.5 Å². The monoisotopic (exact) mass is 233 g/mol. The summed E-state index contributed by atoms with van der Waals surface area (Å²) in [5.41, 5.74) is 6.70. The Hall–Kier alpha value is -1.62. The predicted octanol–water partition coefficient (Wildman–Crippen LogP) is 1.15. The predicted molar refractivity (Wildman–Crippen MR) is 69.1 cm³/mol. The molecule has 17 heavy (non-hydrogen) atoms. The van der Waals surface area contributed by atoms with Gasteiger partial charge >= 0.3 is 0 Å². The van der Waals surface area contributed by atoms with Crippen LogP contribution < -0.4 is 10.6 Å². The Morgan fingerprint density at radius 2 is 2.24 bits per heavy atom. The zero-order chi connectivity index (χ0) is 12.3. The molecule has 0 spiro atoms. The van der Waals surface area contributed by atoms with E-state index in [1.54, 1.807) is 12.4 Å². The maximum absolute atomic E-state index is 5.67. The van der Waals surface area contributed by atoms with Crippen LogP contribution in [0.5, 0.6) is 0 Å². The van der Waals surface area contributed by atoms with E-state index >= 15 is 0 Å². The zero-order valence-corrected chi connectivity index (χ0v) is 10.4. The Morgan fingerprint density at radius 3 is 2.94 bits per heavy atom. The van der Waals surface area contributed by atoms with Gasteiger partial charge in [-0.1, -0.05) is 13.8 Å². The first-order valence-corrected chi connectivity index (χ1v) is 5.95. The maximum Gasteiger partial charge on any atom is 0.154 e. The molecule has 0 saturated carbocycles. The zero-order valence-electron chi connectivity index (χ0n) is 10.4. The van der Waals surface area contributed by atoms with E-state index < -0.39 is 0 Å². The Labute approximate surface area is 101 Å². The number of nitrogens with zero attached hydrogens (tertiary/aromatic N) is 4. The molecule has 2 aromatic heterocycles. The first-order chi connectivity index (χ1) is 8.22. The number of aromatic nitrogens is 3. The molecule has 0 radical (unpaired) electrons. The van der Waals surface area contributed by atoms with Crippen molar-refractivity contribution in [1.29, 1.82) is 0 Å². The molecule has 0 unspecified atom stereocenters. The van der Waals surface area contributed by atoms with Crippen LogP contribution in [0.15, 0.2) is 24.7 Å². The highest BCUT2D eigenvalue weighted by Crippen LogP contribution is 2.18. The first kappa shape index (κ1) is 11.9. The van der Waals surface area contributed by atoms with E-state index in [9.17, 15) is 0 Å². The molecule has 0 atom stereocenters. The number of nitrogens with two attached hydrogens (primary N) is 1. The highest BCUT2D eigenvalue weighted by Gasteiger charge is 2.12. The van der Waals surface area contributed by atoms with E-state index in [0.717, 1.165) is 24.4 Å². The highest BCUT2D eigenvalue weighted by molar-refractivity contribution is 5.68. The molecular weight excluding hydrogens is 214 g/mol. The lowest BCUT2D eigenvalue weighted by Crippen LogP contribution is -2.33. The maximum atomic E-state index is 5.67. The average molecular weight is 233 g/mol. The lowest BCUT2D eigenvalue weighted by atomic mass is 10.2. The minimum absolute atomic E-state index is 0.575. The lowest BCUT2D eigenvalue weighted by molar-refractivity contribution is 0.607. The molecule has 2 heterocycles. The van der Waals surface area contributed by atoms with Gasteiger partial charge in [-0.25, -0.2) is 9.50 Å². The largest absolute Gasteiger partial charge is 0.353 e. The van der Waals surface area contributed by atoms with Gasteiger partial charge in [-0.2, -0.15) is 5.10 Å². The first-order valence-electron chi connectivity index (χ1n) is 5.95. The van der Waals surface area contributed by atoms with E-state index in [2.05, 4.69) is 28.8 Å². The topological polar surface area (TPSA) is 59.5 Å². The minimum Gasteiger partial charge on any atom is -0.353 e. The standard InChI is InChI=1S/C12H19N5/c1-10(2)9-16(7-4-13)12-11-3-5-15-17(11)8-6-14-12/h3,5-6,8,10H,4,7,9,13H2,1-2H3. The van der Waals surface area contributed by atoms with Crippen molar-refractivity contribution in [1.82, 2.24) is 14.6 Å². The van der Waals surface area contributed by atoms with E-state index in [1.807, 2.05) is 16.8 Å². The van der Waals surface area contributed by atoms with Crippen LogP contribution in [0.3, 0.4) is 0 Å². The third kappa shape index (κ3) is 2.55. The summed E-state index contributed by atoms with van der Waals surface area (Å²) in [4.78, 5) is 6.68. The second kappa shape index (κ2) is 5.14. The molecule has 2 aromatic rings. The van der Waals surface area contributed by atoms with E-state index in [1.165, 1.54) is 0 Å². The summed E-state index contributed by atoms with van der Waals surface area (Å²) in [7, 11) is 0. The number of anilines is 1. The van der Waals surface area contributed by atoms with Gasteiger partial charge in [0.1, 0.15) is 5.52 Å². The molecule has 0 saturated heterocycles. The van der Waals surface area contributed by atoms with Gasteiger partial charge in [-0.15, -0.1) is 0 Å². The van der Waals surface area contributed by atoms with Crippen LogP contribution in [0.4, 0.5) is 5.82 Å². The van der Waals surface area contributed by atoms with Gasteiger partial charge in [0.2, 0.25) is 0 Å². The smallest absolute Gasteiger partial charge is 0.154 e. The highest BCUT2D eigenvalue weighted by atomic mass is 15.3. The van der Waals surface area contributed by atoms with Gasteiger partial charge in [0, 0.05) is 32.0 Å². The van der Waals surface area contributed by atoms with E-state index in [4.69, 9.17) is 5.73 Å². The van der Waals surface area contributed by atoms with Gasteiger partial charge in [0.25, 0.3) is 0 Å². The number of fused-ring (bicyclic) bond motifs is 1. The SMILES string of the molecule is CC(C)CN(CCN)c1nccn2nccc12. The van der Waals surface area contributed by atoms with Gasteiger partial charge in [-0.3, -0.25) is 0 Å². The van der Waals surface area contributed by atoms with Crippen molar-refractivity contribution in [2.24, 2.45) is 11.7 Å². The molecular formula is C12H19N5. The van der Waals surface area contributed by atoms with E-state index in [-0.39, 0.29) is 0 Å². The summed E-state index contributed by atoms with van der Waals surface area (Å²) in [6, 6.07) is 1.98. The number of hydrogen-bond acceptors (Lipinski definition) is 4. The van der Waals surface area contributed by atoms with Gasteiger partial charge in [-0.05, 0) is 12.0 Å². The average Bonchev–Trinajstić information content (AvgIpc) is 2.75. The summed E-state index contributed by atoms with van der Waals surface area (Å²) in [5, 5.41) is 4.22. The molecule has 0 aliphatic carbocycles. The fourth-order valence-electron chi connectivity index (χ4n) is 1.97. The van der Waals surface area contributed by atoms with Gasteiger partial charge in [0.05, 0.1) is 6.20 Å². The molecule has 0 aromatic carbocycles. The molecule has 5 heteroatoms. The van der Waals surface area contributed by atoms with Crippen LogP contribution in [0.2, 0.25) is 0 Å². The molecule has 5 nitrogen and oxygen atoms in total. The van der Waals surface area contributed by atoms with Crippen LogP contribution in [0.25, 0.3) is 5.52 Å². The second-order valence-electron chi connectivity index (χ2n) is 4.54. The quantitative estimate of drug-likeness (QED) is 0.841. The summed E-state index contributed by atoms with van der Waals surface area (Å²) < 4.78 is 1.84. The molecule has 92 valence electrons. The van der Waals surface area contributed by atoms with Crippen LogP contribution in [-0.2, 0) is 0 Å². The Balaban J connectivity index is 2.36. The Morgan fingerprint density at radius 1 is 1.41 bits per heavy atom. The summed E-state index contributed by atoms with van der Waals surface area (Å²) in [6.07, 6.45) is 5.42. The van der Waals surface area contributed by atoms with Crippen molar-refractivity contribution in [2.45, 2.75) is 13.8 Å². The van der Waals surface area contributed by atoms with Crippen molar-refractivity contribution < 1.29 is 0 Å². The minimum atomic E-state index is 0.575. The Kier molecular flexibility index (Phi) is 3.58. The van der Waals surface area contributed by atoms with E-state index in [0.29, 0.717) is 12.5 Å². The second-order valence-corrected chi connectivity index (χ2v) is 4.54. The molecule has 0 aliphatic rings. The molecule has 0 fully saturated rings. The molecule has 2 rings (SSSR count).